The third-order valence-electron chi connectivity index (χ3n) is 1.38. The summed E-state index contributed by atoms with van der Waals surface area (Å²) in [7, 11) is -8.00. The molecule has 0 spiro atoms. The molecule has 0 aromatic rings. The van der Waals surface area contributed by atoms with E-state index in [1.807, 2.05) is 0 Å². The van der Waals surface area contributed by atoms with E-state index in [-0.39, 0.29) is 4.67 Å². The molecule has 1 unspecified atom stereocenters. The Kier molecular flexibility index (Phi) is 5.57. The zero-order chi connectivity index (χ0) is 13.0. The van der Waals surface area contributed by atoms with Crippen LogP contribution in [0.3, 0.4) is 0 Å². The first-order valence-electron chi connectivity index (χ1n) is 3.81. The normalized spacial score (nSPS) is 15.5. The van der Waals surface area contributed by atoms with E-state index in [0.29, 0.717) is 0 Å². The Morgan fingerprint density at radius 1 is 1.44 bits per heavy atom. The van der Waals surface area contributed by atoms with Crippen molar-refractivity contribution in [2.24, 2.45) is 5.73 Å². The number of phosphoric acid groups is 1. The minimum Gasteiger partial charge on any atom is -0.370 e. The molecule has 0 saturated heterocycles. The third-order valence-corrected chi connectivity index (χ3v) is 3.40. The van der Waals surface area contributed by atoms with E-state index >= 15 is 0 Å². The highest BCUT2D eigenvalue weighted by atomic mass is 31.2. The Balaban J connectivity index is 4.32. The van der Waals surface area contributed by atoms with Crippen LogP contribution >= 0.6 is 15.6 Å². The molecule has 6 N–H and O–H groups in total. The van der Waals surface area contributed by atoms with Crippen LogP contribution in [0.5, 0.6) is 0 Å². The van der Waals surface area contributed by atoms with Crippen LogP contribution in [0.15, 0.2) is 0 Å². The molecule has 0 fully saturated rings. The van der Waals surface area contributed by atoms with Gasteiger partial charge in [0, 0.05) is 7.11 Å². The summed E-state index contributed by atoms with van der Waals surface area (Å²) in [5, 5.41) is 6.88. The molecule has 1 atom stereocenters. The number of hydrogen-bond acceptors (Lipinski definition) is 5. The Labute approximate surface area is 91.3 Å². The highest BCUT2D eigenvalue weighted by Gasteiger charge is 2.28. The summed E-state index contributed by atoms with van der Waals surface area (Å²) in [6.45, 7) is -1.06. The van der Waals surface area contributed by atoms with Gasteiger partial charge in [0.15, 0.2) is 5.96 Å². The lowest BCUT2D eigenvalue weighted by molar-refractivity contribution is 0.166. The molecule has 0 radical (unpaired) electrons. The van der Waals surface area contributed by atoms with Crippen LogP contribution in [-0.2, 0) is 18.2 Å². The van der Waals surface area contributed by atoms with Gasteiger partial charge in [0.1, 0.15) is 0 Å². The van der Waals surface area contributed by atoms with Gasteiger partial charge >= 0.3 is 15.6 Å². The Morgan fingerprint density at radius 3 is 2.25 bits per heavy atom. The molecule has 96 valence electrons. The number of nitrogens with two attached hydrogens (primary N) is 1. The molecule has 10 nitrogen and oxygen atoms in total. The summed E-state index contributed by atoms with van der Waals surface area (Å²) in [5.41, 5.74) is 4.90. The van der Waals surface area contributed by atoms with E-state index in [1.165, 1.54) is 0 Å². The lowest BCUT2D eigenvalue weighted by atomic mass is 10.7. The van der Waals surface area contributed by atoms with Gasteiger partial charge in [0.25, 0.3) is 0 Å². The summed E-state index contributed by atoms with van der Waals surface area (Å²) in [5.74, 6) is -0.873. The van der Waals surface area contributed by atoms with Crippen LogP contribution in [-0.4, -0.2) is 45.6 Å². The smallest absolute Gasteiger partial charge is 0.370 e. The molecule has 0 aromatic carbocycles. The van der Waals surface area contributed by atoms with Gasteiger partial charge in [-0.15, -0.1) is 0 Å². The minimum absolute atomic E-state index is 0.225. The van der Waals surface area contributed by atoms with E-state index in [4.69, 9.17) is 25.8 Å². The van der Waals surface area contributed by atoms with Crippen molar-refractivity contribution in [1.82, 2.24) is 4.67 Å². The highest BCUT2D eigenvalue weighted by Crippen LogP contribution is 2.43. The quantitative estimate of drug-likeness (QED) is 0.233. The average Bonchev–Trinajstić information content (AvgIpc) is 2.09. The Bertz CT molecular complexity index is 341. The number of nitrogens with one attached hydrogen (secondary N) is 1. The van der Waals surface area contributed by atoms with Crippen molar-refractivity contribution < 1.29 is 32.9 Å². The average molecular weight is 277 g/mol. The number of rotatable bonds is 6. The largest absolute Gasteiger partial charge is 0.471 e. The van der Waals surface area contributed by atoms with Crippen LogP contribution in [0.25, 0.3) is 0 Å². The first-order valence-corrected chi connectivity index (χ1v) is 6.87. The fourth-order valence-corrected chi connectivity index (χ4v) is 1.73. The second-order valence-electron chi connectivity index (χ2n) is 2.51. The van der Waals surface area contributed by atoms with Crippen LogP contribution in [0, 0.1) is 5.41 Å². The van der Waals surface area contributed by atoms with Crippen LogP contribution in [0.2, 0.25) is 0 Å². The van der Waals surface area contributed by atoms with Gasteiger partial charge in [-0.25, -0.2) is 13.8 Å². The number of phosphoric ester groups is 1. The molecule has 0 aromatic heterocycles. The maximum Gasteiger partial charge on any atom is 0.471 e. The second-order valence-corrected chi connectivity index (χ2v) is 5.58. The van der Waals surface area contributed by atoms with E-state index in [2.05, 4.69) is 9.05 Å². The Morgan fingerprint density at radius 2 is 1.94 bits per heavy atom. The monoisotopic (exact) mass is 277 g/mol. The zero-order valence-electron chi connectivity index (χ0n) is 8.31. The summed E-state index contributed by atoms with van der Waals surface area (Å²) in [6.07, 6.45) is 0. The number of nitrogens with zero attached hydrogens (tertiary/aromatic N) is 1. The SMILES string of the molecule is COP(=O)(O)OCCN(C(=N)N)P(=O)(O)O. The third kappa shape index (κ3) is 5.57. The maximum absolute atomic E-state index is 10.8. The molecule has 0 aliphatic rings. The van der Waals surface area contributed by atoms with Crippen molar-refractivity contribution in [3.8, 4) is 0 Å². The van der Waals surface area contributed by atoms with Crippen molar-refractivity contribution in [2.75, 3.05) is 20.3 Å². The molecular formula is C4H13N3O7P2. The summed E-state index contributed by atoms with van der Waals surface area (Å²) in [6, 6.07) is 0. The molecule has 0 saturated carbocycles. The first-order chi connectivity index (χ1) is 7.10. The van der Waals surface area contributed by atoms with Gasteiger partial charge in [-0.2, -0.15) is 0 Å². The molecule has 12 heteroatoms. The van der Waals surface area contributed by atoms with Gasteiger partial charge in [-0.05, 0) is 0 Å². The van der Waals surface area contributed by atoms with Crippen LogP contribution in [0.4, 0.5) is 0 Å². The molecule has 0 aliphatic carbocycles. The molecule has 0 heterocycles. The number of hydrogen-bond donors (Lipinski definition) is 5. The molecule has 0 rings (SSSR count). The van der Waals surface area contributed by atoms with Gasteiger partial charge in [0.2, 0.25) is 0 Å². The van der Waals surface area contributed by atoms with Gasteiger partial charge < -0.3 is 20.4 Å². The van der Waals surface area contributed by atoms with Crippen molar-refractivity contribution in [3.05, 3.63) is 0 Å². The molecular weight excluding hydrogens is 264 g/mol. The van der Waals surface area contributed by atoms with Crippen molar-refractivity contribution in [3.63, 3.8) is 0 Å². The summed E-state index contributed by atoms with van der Waals surface area (Å²) in [4.78, 5) is 26.3. The van der Waals surface area contributed by atoms with Gasteiger partial charge in [-0.3, -0.25) is 14.5 Å². The lowest BCUT2D eigenvalue weighted by Gasteiger charge is -2.22. The first kappa shape index (κ1) is 15.5. The van der Waals surface area contributed by atoms with E-state index in [9.17, 15) is 9.13 Å². The minimum atomic E-state index is -4.73. The standard InChI is InChI=1S/C4H13N3O7P2/c1-13-16(11,12)14-3-2-7(4(5)6)15(8,9)10/h2-3H2,1H3,(H3,5,6)(H,11,12)(H2,8,9,10). The van der Waals surface area contributed by atoms with E-state index in [0.717, 1.165) is 7.11 Å². The molecule has 0 amide bonds. The van der Waals surface area contributed by atoms with Gasteiger partial charge in [0.05, 0.1) is 13.2 Å². The fourth-order valence-electron chi connectivity index (χ4n) is 0.686. The van der Waals surface area contributed by atoms with Crippen LogP contribution < -0.4 is 5.73 Å². The predicted octanol–water partition coefficient (Wildman–Crippen LogP) is -0.962. The zero-order valence-corrected chi connectivity index (χ0v) is 10.1. The maximum atomic E-state index is 10.8. The van der Waals surface area contributed by atoms with E-state index < -0.39 is 34.7 Å². The predicted molar refractivity (Wildman–Crippen MR) is 53.5 cm³/mol. The second kappa shape index (κ2) is 5.74. The molecule has 16 heavy (non-hydrogen) atoms. The fraction of sp³-hybridized carbons (Fsp3) is 0.750. The highest BCUT2D eigenvalue weighted by molar-refractivity contribution is 7.50. The molecule has 0 aliphatic heterocycles. The van der Waals surface area contributed by atoms with Crippen molar-refractivity contribution >= 4 is 21.5 Å². The Hall–Kier alpha value is -0.470. The summed E-state index contributed by atoms with van der Waals surface area (Å²) < 4.78 is 30.2. The van der Waals surface area contributed by atoms with Crippen molar-refractivity contribution in [1.29, 1.82) is 5.41 Å². The number of guanidine groups is 1. The summed E-state index contributed by atoms with van der Waals surface area (Å²) >= 11 is 0. The lowest BCUT2D eigenvalue weighted by Crippen LogP contribution is -2.36. The van der Waals surface area contributed by atoms with Crippen molar-refractivity contribution in [2.45, 2.75) is 0 Å². The topological polar surface area (TPSA) is 166 Å². The van der Waals surface area contributed by atoms with Gasteiger partial charge in [-0.1, -0.05) is 0 Å². The molecule has 0 bridgehead atoms. The van der Waals surface area contributed by atoms with Crippen LogP contribution in [0.1, 0.15) is 0 Å². The van der Waals surface area contributed by atoms with E-state index in [1.54, 1.807) is 0 Å².